The van der Waals surface area contributed by atoms with Gasteiger partial charge in [-0.3, -0.25) is 25.0 Å². The van der Waals surface area contributed by atoms with Crippen LogP contribution >= 0.6 is 15.9 Å². The fourth-order valence-corrected chi connectivity index (χ4v) is 1.49. The van der Waals surface area contributed by atoms with Crippen LogP contribution in [0, 0.1) is 6.92 Å². The van der Waals surface area contributed by atoms with E-state index in [0.29, 0.717) is 16.1 Å². The number of hydrazine groups is 1. The average Bonchev–Trinajstić information content (AvgIpc) is 2.16. The first-order chi connectivity index (χ1) is 6.59. The molecule has 14 heavy (non-hydrogen) atoms. The molecule has 0 atom stereocenters. The third-order valence-corrected chi connectivity index (χ3v) is 2.81. The minimum absolute atomic E-state index is 0.00690. The molecule has 0 unspecified atom stereocenters. The molecule has 0 aromatic carbocycles. The molecule has 0 saturated heterocycles. The lowest BCUT2D eigenvalue weighted by molar-refractivity contribution is -0.121. The lowest BCUT2D eigenvalue weighted by Crippen LogP contribution is -2.44. The summed E-state index contributed by atoms with van der Waals surface area (Å²) >= 11 is 3.12. The number of halogens is 1. The van der Waals surface area contributed by atoms with Crippen LogP contribution in [0.15, 0.2) is 9.27 Å². The highest BCUT2D eigenvalue weighted by Crippen LogP contribution is 2.12. The lowest BCUT2D eigenvalue weighted by Gasteiger charge is -2.19. The number of carbonyl (C=O) groups is 1. The van der Waals surface area contributed by atoms with Crippen molar-refractivity contribution in [2.45, 2.75) is 13.5 Å². The van der Waals surface area contributed by atoms with Crippen molar-refractivity contribution in [3.63, 3.8) is 0 Å². The summed E-state index contributed by atoms with van der Waals surface area (Å²) in [6.45, 7) is 1.71. The SMILES string of the molecule is Cc1nc2n(c(=O)c1Br)CC(=O)NN2. The Morgan fingerprint density at radius 2 is 2.14 bits per heavy atom. The number of carbonyl (C=O) groups excluding carboxylic acids is 1. The molecule has 1 aromatic rings. The highest BCUT2D eigenvalue weighted by atomic mass is 79.9. The number of aryl methyl sites for hydroxylation is 1. The van der Waals surface area contributed by atoms with Crippen LogP contribution in [0.3, 0.4) is 0 Å². The van der Waals surface area contributed by atoms with E-state index in [2.05, 4.69) is 31.8 Å². The van der Waals surface area contributed by atoms with Gasteiger partial charge in [-0.15, -0.1) is 0 Å². The highest BCUT2D eigenvalue weighted by molar-refractivity contribution is 9.10. The van der Waals surface area contributed by atoms with E-state index >= 15 is 0 Å². The number of amides is 1. The Morgan fingerprint density at radius 1 is 1.43 bits per heavy atom. The van der Waals surface area contributed by atoms with Gasteiger partial charge in [0.15, 0.2) is 0 Å². The second-order valence-electron chi connectivity index (χ2n) is 2.90. The van der Waals surface area contributed by atoms with Crippen molar-refractivity contribution in [3.8, 4) is 0 Å². The highest BCUT2D eigenvalue weighted by Gasteiger charge is 2.18. The Hall–Kier alpha value is -1.37. The molecule has 2 heterocycles. The van der Waals surface area contributed by atoms with E-state index in [4.69, 9.17) is 0 Å². The zero-order chi connectivity index (χ0) is 10.3. The van der Waals surface area contributed by atoms with Crippen molar-refractivity contribution in [3.05, 3.63) is 20.5 Å². The van der Waals surface area contributed by atoms with Gasteiger partial charge in [0.25, 0.3) is 11.5 Å². The molecule has 0 bridgehead atoms. The largest absolute Gasteiger partial charge is 0.271 e. The standard InChI is InChI=1S/C7H7BrN4O2/c1-3-5(8)6(14)12-2-4(13)10-11-7(12)9-3/h2H2,1H3,(H,9,11)(H,10,13). The summed E-state index contributed by atoms with van der Waals surface area (Å²) in [6.07, 6.45) is 0. The first kappa shape index (κ1) is 9.20. The summed E-state index contributed by atoms with van der Waals surface area (Å²) in [5.41, 5.74) is 5.27. The second kappa shape index (κ2) is 3.09. The van der Waals surface area contributed by atoms with E-state index in [1.807, 2.05) is 0 Å². The van der Waals surface area contributed by atoms with Gasteiger partial charge in [-0.25, -0.2) is 4.98 Å². The topological polar surface area (TPSA) is 76.0 Å². The lowest BCUT2D eigenvalue weighted by atomic mass is 10.4. The number of rotatable bonds is 0. The number of aromatic nitrogens is 2. The second-order valence-corrected chi connectivity index (χ2v) is 3.69. The van der Waals surface area contributed by atoms with Gasteiger partial charge in [-0.05, 0) is 22.9 Å². The van der Waals surface area contributed by atoms with Crippen LogP contribution in [-0.4, -0.2) is 15.5 Å². The fraction of sp³-hybridized carbons (Fsp3) is 0.286. The predicted octanol–water partition coefficient (Wildman–Crippen LogP) is -0.229. The summed E-state index contributed by atoms with van der Waals surface area (Å²) < 4.78 is 1.66. The molecular formula is C7H7BrN4O2. The minimum Gasteiger partial charge on any atom is -0.271 e. The van der Waals surface area contributed by atoms with Gasteiger partial charge in [-0.2, -0.15) is 0 Å². The summed E-state index contributed by atoms with van der Waals surface area (Å²) in [4.78, 5) is 26.7. The Balaban J connectivity index is 2.67. The molecular weight excluding hydrogens is 252 g/mol. The van der Waals surface area contributed by atoms with Gasteiger partial charge in [-0.1, -0.05) is 0 Å². The zero-order valence-electron chi connectivity index (χ0n) is 7.30. The Morgan fingerprint density at radius 3 is 2.86 bits per heavy atom. The Bertz CT molecular complexity index is 467. The van der Waals surface area contributed by atoms with Gasteiger partial charge in [0.2, 0.25) is 5.95 Å². The molecule has 0 saturated carbocycles. The summed E-state index contributed by atoms with van der Waals surface area (Å²) in [5.74, 6) is 0.0902. The molecule has 2 N–H and O–H groups in total. The predicted molar refractivity (Wildman–Crippen MR) is 52.7 cm³/mol. The number of nitrogens with zero attached hydrogens (tertiary/aromatic N) is 2. The van der Waals surface area contributed by atoms with E-state index in [1.165, 1.54) is 4.57 Å². The number of nitrogens with one attached hydrogen (secondary N) is 2. The van der Waals surface area contributed by atoms with Crippen molar-refractivity contribution in [1.29, 1.82) is 0 Å². The average molecular weight is 259 g/mol. The Labute approximate surface area is 87.4 Å². The van der Waals surface area contributed by atoms with Crippen molar-refractivity contribution in [2.24, 2.45) is 0 Å². The molecule has 1 aliphatic rings. The van der Waals surface area contributed by atoms with Crippen molar-refractivity contribution < 1.29 is 4.79 Å². The third-order valence-electron chi connectivity index (χ3n) is 1.90. The molecule has 0 radical (unpaired) electrons. The number of hydrogen-bond donors (Lipinski definition) is 2. The van der Waals surface area contributed by atoms with E-state index in [9.17, 15) is 9.59 Å². The van der Waals surface area contributed by atoms with Gasteiger partial charge in [0.1, 0.15) is 11.0 Å². The molecule has 7 heteroatoms. The molecule has 0 spiro atoms. The minimum atomic E-state index is -0.267. The fourth-order valence-electron chi connectivity index (χ4n) is 1.19. The quantitative estimate of drug-likeness (QED) is 0.674. The molecule has 0 aliphatic carbocycles. The van der Waals surface area contributed by atoms with Crippen LogP contribution in [0.2, 0.25) is 0 Å². The maximum absolute atomic E-state index is 11.6. The van der Waals surface area contributed by atoms with Crippen LogP contribution in [0.25, 0.3) is 0 Å². The van der Waals surface area contributed by atoms with Crippen molar-refractivity contribution in [2.75, 3.05) is 5.43 Å². The smallest absolute Gasteiger partial charge is 0.270 e. The van der Waals surface area contributed by atoms with Gasteiger partial charge in [0, 0.05) is 0 Å². The van der Waals surface area contributed by atoms with Crippen LogP contribution in [0.4, 0.5) is 5.95 Å². The number of fused-ring (bicyclic) bond motifs is 1. The Kier molecular flexibility index (Phi) is 2.03. The zero-order valence-corrected chi connectivity index (χ0v) is 8.88. The molecule has 0 fully saturated rings. The van der Waals surface area contributed by atoms with Gasteiger partial charge < -0.3 is 0 Å². The van der Waals surface area contributed by atoms with Crippen LogP contribution in [-0.2, 0) is 11.3 Å². The van der Waals surface area contributed by atoms with E-state index in [1.54, 1.807) is 6.92 Å². The van der Waals surface area contributed by atoms with Crippen LogP contribution < -0.4 is 16.4 Å². The molecule has 6 nitrogen and oxygen atoms in total. The summed E-state index contributed by atoms with van der Waals surface area (Å²) in [7, 11) is 0. The number of hydrogen-bond acceptors (Lipinski definition) is 4. The molecule has 2 rings (SSSR count). The monoisotopic (exact) mass is 258 g/mol. The number of anilines is 1. The van der Waals surface area contributed by atoms with Gasteiger partial charge in [0.05, 0.1) is 5.69 Å². The van der Waals surface area contributed by atoms with Crippen molar-refractivity contribution >= 4 is 27.8 Å². The third kappa shape index (κ3) is 1.29. The molecule has 1 aliphatic heterocycles. The summed E-state index contributed by atoms with van der Waals surface area (Å²) in [6, 6.07) is 0. The van der Waals surface area contributed by atoms with Crippen molar-refractivity contribution in [1.82, 2.24) is 15.0 Å². The first-order valence-corrected chi connectivity index (χ1v) is 4.70. The first-order valence-electron chi connectivity index (χ1n) is 3.91. The van der Waals surface area contributed by atoms with E-state index < -0.39 is 0 Å². The maximum Gasteiger partial charge on any atom is 0.270 e. The van der Waals surface area contributed by atoms with Crippen LogP contribution in [0.5, 0.6) is 0 Å². The molecule has 1 aromatic heterocycles. The maximum atomic E-state index is 11.6. The van der Waals surface area contributed by atoms with E-state index in [-0.39, 0.29) is 18.0 Å². The van der Waals surface area contributed by atoms with E-state index in [0.717, 1.165) is 0 Å². The normalized spacial score (nSPS) is 14.3. The van der Waals surface area contributed by atoms with Crippen LogP contribution in [0.1, 0.15) is 5.69 Å². The molecule has 1 amide bonds. The summed E-state index contributed by atoms with van der Waals surface area (Å²) in [5, 5.41) is 0. The molecule has 74 valence electrons. The van der Waals surface area contributed by atoms with Gasteiger partial charge >= 0.3 is 0 Å².